The van der Waals surface area contributed by atoms with Crippen LogP contribution < -0.4 is 4.72 Å². The molecular formula is C12H14N2O4S. The van der Waals surface area contributed by atoms with Crippen molar-refractivity contribution in [2.75, 3.05) is 0 Å². The Morgan fingerprint density at radius 3 is 2.68 bits per heavy atom. The number of carbonyl (C=O) groups is 1. The minimum Gasteiger partial charge on any atom is -0.481 e. The number of sulfonamides is 1. The van der Waals surface area contributed by atoms with Gasteiger partial charge in [0.2, 0.25) is 10.0 Å². The highest BCUT2D eigenvalue weighted by Gasteiger charge is 2.18. The smallest absolute Gasteiger partial charge is 0.304 e. The van der Waals surface area contributed by atoms with Crippen LogP contribution in [0.2, 0.25) is 0 Å². The van der Waals surface area contributed by atoms with Crippen LogP contribution in [-0.2, 0) is 20.6 Å². The van der Waals surface area contributed by atoms with Gasteiger partial charge in [-0.05, 0) is 18.6 Å². The Kier molecular flexibility index (Phi) is 5.03. The SMILES string of the molecule is CC(CC(=O)O)NS(=O)(=O)Cc1ccccc1C#N. The van der Waals surface area contributed by atoms with E-state index in [0.29, 0.717) is 11.1 Å². The minimum absolute atomic E-state index is 0.291. The largest absolute Gasteiger partial charge is 0.481 e. The Hall–Kier alpha value is -1.91. The summed E-state index contributed by atoms with van der Waals surface area (Å²) in [6, 6.07) is 7.60. The molecule has 1 aromatic carbocycles. The van der Waals surface area contributed by atoms with Crippen LogP contribution in [0.3, 0.4) is 0 Å². The summed E-state index contributed by atoms with van der Waals surface area (Å²) < 4.78 is 26.0. The molecule has 0 aliphatic heterocycles. The third kappa shape index (κ3) is 5.07. The zero-order valence-corrected chi connectivity index (χ0v) is 11.1. The Labute approximate surface area is 111 Å². The molecule has 0 saturated carbocycles. The fraction of sp³-hybridized carbons (Fsp3) is 0.333. The Bertz CT molecular complexity index is 604. The Morgan fingerprint density at radius 1 is 1.47 bits per heavy atom. The molecule has 1 atom stereocenters. The maximum Gasteiger partial charge on any atom is 0.304 e. The van der Waals surface area contributed by atoms with E-state index in [1.807, 2.05) is 6.07 Å². The van der Waals surface area contributed by atoms with Gasteiger partial charge in [0.05, 0.1) is 23.8 Å². The first-order chi connectivity index (χ1) is 8.84. The molecule has 2 N–H and O–H groups in total. The third-order valence-electron chi connectivity index (χ3n) is 2.34. The lowest BCUT2D eigenvalue weighted by Crippen LogP contribution is -2.35. The summed E-state index contributed by atoms with van der Waals surface area (Å²) >= 11 is 0. The molecule has 7 heteroatoms. The summed E-state index contributed by atoms with van der Waals surface area (Å²) in [5, 5.41) is 17.4. The molecule has 0 aromatic heterocycles. The van der Waals surface area contributed by atoms with E-state index >= 15 is 0 Å². The van der Waals surface area contributed by atoms with Crippen LogP contribution in [0.15, 0.2) is 24.3 Å². The van der Waals surface area contributed by atoms with E-state index in [2.05, 4.69) is 4.72 Å². The van der Waals surface area contributed by atoms with Crippen molar-refractivity contribution >= 4 is 16.0 Å². The van der Waals surface area contributed by atoms with Gasteiger partial charge in [-0.2, -0.15) is 5.26 Å². The molecule has 19 heavy (non-hydrogen) atoms. The summed E-state index contributed by atoms with van der Waals surface area (Å²) in [6.45, 7) is 1.47. The van der Waals surface area contributed by atoms with Crippen LogP contribution in [0.5, 0.6) is 0 Å². The lowest BCUT2D eigenvalue weighted by molar-refractivity contribution is -0.137. The lowest BCUT2D eigenvalue weighted by Gasteiger charge is -2.12. The Morgan fingerprint density at radius 2 is 2.11 bits per heavy atom. The van der Waals surface area contributed by atoms with Crippen molar-refractivity contribution in [3.05, 3.63) is 35.4 Å². The minimum atomic E-state index is -3.68. The van der Waals surface area contributed by atoms with Gasteiger partial charge >= 0.3 is 5.97 Å². The van der Waals surface area contributed by atoms with Crippen molar-refractivity contribution in [1.82, 2.24) is 4.72 Å². The van der Waals surface area contributed by atoms with Gasteiger partial charge in [0.15, 0.2) is 0 Å². The molecule has 102 valence electrons. The standard InChI is InChI=1S/C12H14N2O4S/c1-9(6-12(15)16)14-19(17,18)8-11-5-3-2-4-10(11)7-13/h2-5,9,14H,6,8H2,1H3,(H,15,16). The molecule has 1 aromatic rings. The first-order valence-corrected chi connectivity index (χ1v) is 7.19. The molecule has 0 spiro atoms. The van der Waals surface area contributed by atoms with Gasteiger partial charge in [0.25, 0.3) is 0 Å². The molecule has 6 nitrogen and oxygen atoms in total. The van der Waals surface area contributed by atoms with Gasteiger partial charge < -0.3 is 5.11 Å². The molecule has 0 fully saturated rings. The maximum atomic E-state index is 11.8. The van der Waals surface area contributed by atoms with E-state index in [0.717, 1.165) is 0 Å². The molecule has 0 aliphatic carbocycles. The van der Waals surface area contributed by atoms with Gasteiger partial charge in [0, 0.05) is 6.04 Å². The van der Waals surface area contributed by atoms with E-state index < -0.39 is 22.0 Å². The van der Waals surface area contributed by atoms with Crippen LogP contribution in [0.1, 0.15) is 24.5 Å². The van der Waals surface area contributed by atoms with E-state index in [1.165, 1.54) is 13.0 Å². The van der Waals surface area contributed by atoms with Gasteiger partial charge in [0.1, 0.15) is 0 Å². The highest BCUT2D eigenvalue weighted by Crippen LogP contribution is 2.11. The lowest BCUT2D eigenvalue weighted by atomic mass is 10.1. The number of aliphatic carboxylic acids is 1. The van der Waals surface area contributed by atoms with Crippen LogP contribution in [0, 0.1) is 11.3 Å². The predicted octanol–water partition coefficient (Wildman–Crippen LogP) is 0.841. The van der Waals surface area contributed by atoms with Crippen molar-refractivity contribution in [1.29, 1.82) is 5.26 Å². The normalized spacial score (nSPS) is 12.6. The number of nitrogens with one attached hydrogen (secondary N) is 1. The van der Waals surface area contributed by atoms with Crippen molar-refractivity contribution in [3.63, 3.8) is 0 Å². The average Bonchev–Trinajstić information content (AvgIpc) is 2.26. The molecule has 1 rings (SSSR count). The summed E-state index contributed by atoms with van der Waals surface area (Å²) in [4.78, 5) is 10.5. The second-order valence-electron chi connectivity index (χ2n) is 4.14. The van der Waals surface area contributed by atoms with Gasteiger partial charge in [-0.1, -0.05) is 18.2 Å². The molecular weight excluding hydrogens is 268 g/mol. The quantitative estimate of drug-likeness (QED) is 0.804. The molecule has 1 unspecified atom stereocenters. The van der Waals surface area contributed by atoms with Crippen LogP contribution >= 0.6 is 0 Å². The third-order valence-corrected chi connectivity index (χ3v) is 3.80. The second kappa shape index (κ2) is 6.31. The molecule has 0 heterocycles. The number of nitrogens with zero attached hydrogens (tertiary/aromatic N) is 1. The maximum absolute atomic E-state index is 11.8. The fourth-order valence-corrected chi connectivity index (χ4v) is 3.05. The number of nitriles is 1. The van der Waals surface area contributed by atoms with Crippen molar-refractivity contribution in [2.24, 2.45) is 0 Å². The van der Waals surface area contributed by atoms with Gasteiger partial charge in [-0.25, -0.2) is 13.1 Å². The molecule has 0 amide bonds. The van der Waals surface area contributed by atoms with E-state index in [9.17, 15) is 13.2 Å². The first kappa shape index (κ1) is 15.1. The van der Waals surface area contributed by atoms with Crippen LogP contribution in [-0.4, -0.2) is 25.5 Å². The highest BCUT2D eigenvalue weighted by molar-refractivity contribution is 7.88. The van der Waals surface area contributed by atoms with Crippen molar-refractivity contribution in [2.45, 2.75) is 25.1 Å². The topological polar surface area (TPSA) is 107 Å². The van der Waals surface area contributed by atoms with Crippen LogP contribution in [0.25, 0.3) is 0 Å². The Balaban J connectivity index is 2.80. The number of hydrogen-bond acceptors (Lipinski definition) is 4. The predicted molar refractivity (Wildman–Crippen MR) is 68.6 cm³/mol. The number of rotatable bonds is 6. The zero-order chi connectivity index (χ0) is 14.5. The van der Waals surface area contributed by atoms with Gasteiger partial charge in [-0.3, -0.25) is 4.79 Å². The zero-order valence-electron chi connectivity index (χ0n) is 10.3. The highest BCUT2D eigenvalue weighted by atomic mass is 32.2. The number of benzene rings is 1. The molecule has 0 aliphatic rings. The molecule has 0 bridgehead atoms. The number of hydrogen-bond donors (Lipinski definition) is 2. The van der Waals surface area contributed by atoms with Crippen LogP contribution in [0.4, 0.5) is 0 Å². The summed E-state index contributed by atoms with van der Waals surface area (Å²) in [5.41, 5.74) is 0.679. The second-order valence-corrected chi connectivity index (χ2v) is 5.90. The first-order valence-electron chi connectivity index (χ1n) is 5.54. The van der Waals surface area contributed by atoms with E-state index in [-0.39, 0.29) is 12.2 Å². The molecule has 0 saturated heterocycles. The number of carboxylic acids is 1. The summed E-state index contributed by atoms with van der Waals surface area (Å²) in [6.07, 6.45) is -0.293. The van der Waals surface area contributed by atoms with E-state index in [1.54, 1.807) is 18.2 Å². The fourth-order valence-electron chi connectivity index (χ4n) is 1.61. The average molecular weight is 282 g/mol. The van der Waals surface area contributed by atoms with Gasteiger partial charge in [-0.15, -0.1) is 0 Å². The number of carboxylic acid groups (broad SMARTS) is 1. The van der Waals surface area contributed by atoms with E-state index in [4.69, 9.17) is 10.4 Å². The monoisotopic (exact) mass is 282 g/mol. The summed E-state index contributed by atoms with van der Waals surface area (Å²) in [5.74, 6) is -1.42. The van der Waals surface area contributed by atoms with Crippen molar-refractivity contribution < 1.29 is 18.3 Å². The summed E-state index contributed by atoms with van der Waals surface area (Å²) in [7, 11) is -3.68. The molecule has 0 radical (unpaired) electrons. The van der Waals surface area contributed by atoms with Crippen molar-refractivity contribution in [3.8, 4) is 6.07 Å².